The van der Waals surface area contributed by atoms with Crippen LogP contribution in [0, 0.1) is 11.8 Å². The molecule has 2 aliphatic heterocycles. The molecule has 2 saturated heterocycles. The predicted octanol–water partition coefficient (Wildman–Crippen LogP) is 6.89. The summed E-state index contributed by atoms with van der Waals surface area (Å²) in [5.74, 6) is -0.0288. The van der Waals surface area contributed by atoms with Gasteiger partial charge >= 0.3 is 0 Å². The van der Waals surface area contributed by atoms with E-state index < -0.39 is 16.0 Å². The zero-order valence-corrected chi connectivity index (χ0v) is 30.0. The summed E-state index contributed by atoms with van der Waals surface area (Å²) >= 11 is 17.1. The Morgan fingerprint density at radius 1 is 0.894 bits per heavy atom. The highest BCUT2D eigenvalue weighted by Gasteiger charge is 2.46. The molecule has 2 amide bonds. The number of halogens is 3. The molecular formula is C36H48Cl3N3O5. The van der Waals surface area contributed by atoms with E-state index in [1.54, 1.807) is 0 Å². The lowest BCUT2D eigenvalue weighted by molar-refractivity contribution is -0.278. The molecule has 3 N–H and O–H groups in total. The molecule has 1 saturated carbocycles. The van der Waals surface area contributed by atoms with Gasteiger partial charge in [-0.15, -0.1) is 0 Å². The normalized spacial score (nSPS) is 28.7. The minimum atomic E-state index is -2.03. The fourth-order valence-electron chi connectivity index (χ4n) is 7.34. The Morgan fingerprint density at radius 2 is 1.53 bits per heavy atom. The molecule has 0 radical (unpaired) electrons. The van der Waals surface area contributed by atoms with E-state index in [1.807, 2.05) is 69.3 Å². The number of nitrogens with zero attached hydrogens (tertiary/aromatic N) is 1. The van der Waals surface area contributed by atoms with Crippen LogP contribution in [-0.2, 0) is 32.2 Å². The number of hydrogen-bond donors (Lipinski definition) is 3. The van der Waals surface area contributed by atoms with Gasteiger partial charge in [0.05, 0.1) is 24.9 Å². The number of fused-ring (bicyclic) bond motifs is 1. The number of nitrogens with one attached hydrogen (secondary N) is 2. The second-order valence-electron chi connectivity index (χ2n) is 14.4. The number of likely N-dealkylation sites (tertiary alicyclic amines) is 1. The molecule has 8 nitrogen and oxygen atoms in total. The smallest absolute Gasteiger partial charge is 0.272 e. The number of alkyl halides is 3. The van der Waals surface area contributed by atoms with Gasteiger partial charge in [-0.2, -0.15) is 0 Å². The third-order valence-corrected chi connectivity index (χ3v) is 10.3. The first-order valence-electron chi connectivity index (χ1n) is 16.8. The number of aliphatic hydroxyl groups is 1. The quantitative estimate of drug-likeness (QED) is 0.258. The van der Waals surface area contributed by atoms with E-state index >= 15 is 0 Å². The molecule has 2 aromatic rings. The molecule has 2 aromatic carbocycles. The average Bonchev–Trinajstić information content (AvgIpc) is 3.03. The minimum Gasteiger partial charge on any atom is -0.392 e. The van der Waals surface area contributed by atoms with Gasteiger partial charge in [-0.05, 0) is 69.1 Å². The number of rotatable bonds is 8. The van der Waals surface area contributed by atoms with Crippen molar-refractivity contribution in [1.29, 1.82) is 0 Å². The van der Waals surface area contributed by atoms with Crippen LogP contribution < -0.4 is 10.6 Å². The van der Waals surface area contributed by atoms with E-state index in [9.17, 15) is 14.7 Å². The third kappa shape index (κ3) is 9.21. The van der Waals surface area contributed by atoms with Crippen molar-refractivity contribution in [2.45, 2.75) is 119 Å². The number of carbonyl (C=O) groups excluding carboxylic acids is 2. The van der Waals surface area contributed by atoms with Crippen LogP contribution in [0.3, 0.4) is 0 Å². The largest absolute Gasteiger partial charge is 0.392 e. The maximum absolute atomic E-state index is 13.7. The number of carbonyl (C=O) groups is 2. The summed E-state index contributed by atoms with van der Waals surface area (Å²) in [7, 11) is 0. The number of hydrogen-bond acceptors (Lipinski definition) is 6. The van der Waals surface area contributed by atoms with Crippen LogP contribution >= 0.6 is 34.8 Å². The maximum atomic E-state index is 13.7. The molecular weight excluding hydrogens is 661 g/mol. The molecule has 0 bridgehead atoms. The fourth-order valence-corrected chi connectivity index (χ4v) is 7.54. The van der Waals surface area contributed by atoms with Crippen LogP contribution in [0.5, 0.6) is 0 Å². The molecule has 5 rings (SSSR count). The summed E-state index contributed by atoms with van der Waals surface area (Å²) in [6.45, 7) is 9.05. The summed E-state index contributed by atoms with van der Waals surface area (Å²) in [6, 6.07) is 15.7. The molecule has 3 fully saturated rings. The Balaban J connectivity index is 1.41. The van der Waals surface area contributed by atoms with Gasteiger partial charge < -0.3 is 25.2 Å². The Kier molecular flexibility index (Phi) is 11.9. The van der Waals surface area contributed by atoms with E-state index in [-0.39, 0.29) is 48.8 Å². The van der Waals surface area contributed by atoms with Gasteiger partial charge in [0, 0.05) is 36.2 Å². The van der Waals surface area contributed by atoms with Gasteiger partial charge in [-0.1, -0.05) is 103 Å². The summed E-state index contributed by atoms with van der Waals surface area (Å²) in [6.07, 6.45) is 5.48. The molecule has 0 spiro atoms. The van der Waals surface area contributed by atoms with Gasteiger partial charge in [0.15, 0.2) is 6.29 Å². The fraction of sp³-hybridized carbons (Fsp3) is 0.611. The van der Waals surface area contributed by atoms with Crippen molar-refractivity contribution < 1.29 is 24.2 Å². The number of ether oxygens (including phenoxy) is 2. The van der Waals surface area contributed by atoms with Crippen LogP contribution in [0.1, 0.15) is 101 Å². The monoisotopic (exact) mass is 707 g/mol. The molecule has 7 atom stereocenters. The highest BCUT2D eigenvalue weighted by atomic mass is 35.6. The standard InChI is InChI=1S/C36H48Cl3N3O5/c1-22-30(20-42-28-8-6-5-7-25(28)17-18-29(42)32(44)41-35(2,3)4)46-33(47-31(22)26-13-11-24(21-43)12-14-26)27-15-9-23(10-16-27)19-40-34(45)36(37,38)39/h9-16,22,25,28-31,33,43H,5-8,17-21H2,1-4H3,(H,40,45)(H,41,44)/t22-,25+,28+,29+,30+,31+,33+/m0/s1. The van der Waals surface area contributed by atoms with Gasteiger partial charge in [0.25, 0.3) is 9.70 Å². The highest BCUT2D eigenvalue weighted by Crippen LogP contribution is 2.44. The van der Waals surface area contributed by atoms with Gasteiger partial charge in [0.1, 0.15) is 0 Å². The lowest BCUT2D eigenvalue weighted by Crippen LogP contribution is -2.61. The first kappa shape index (κ1) is 36.4. The van der Waals surface area contributed by atoms with Crippen molar-refractivity contribution in [3.05, 3.63) is 70.8 Å². The predicted molar refractivity (Wildman–Crippen MR) is 185 cm³/mol. The van der Waals surface area contributed by atoms with Gasteiger partial charge in [-0.3, -0.25) is 14.5 Å². The minimum absolute atomic E-state index is 0.0158. The molecule has 1 aliphatic carbocycles. The van der Waals surface area contributed by atoms with E-state index in [4.69, 9.17) is 44.3 Å². The van der Waals surface area contributed by atoms with Gasteiger partial charge in [0.2, 0.25) is 5.91 Å². The van der Waals surface area contributed by atoms with Crippen molar-refractivity contribution in [3.63, 3.8) is 0 Å². The summed E-state index contributed by atoms with van der Waals surface area (Å²) < 4.78 is 11.5. The Bertz CT molecular complexity index is 1360. The zero-order chi connectivity index (χ0) is 33.9. The SMILES string of the molecule is C[C@H]1[C@@H](CN2[C@@H](C(=O)NC(C)(C)C)CC[C@H]3CCCC[C@H]32)O[C@@H](c2ccc(CNC(=O)C(Cl)(Cl)Cl)cc2)O[C@H]1c1ccc(CO)cc1. The first-order valence-corrected chi connectivity index (χ1v) is 17.9. The Hall–Kier alpha value is -1.91. The lowest BCUT2D eigenvalue weighted by atomic mass is 9.75. The van der Waals surface area contributed by atoms with Crippen molar-refractivity contribution in [1.82, 2.24) is 15.5 Å². The third-order valence-electron chi connectivity index (χ3n) is 9.78. The van der Waals surface area contributed by atoms with Crippen LogP contribution in [0.25, 0.3) is 0 Å². The van der Waals surface area contributed by atoms with E-state index in [2.05, 4.69) is 22.5 Å². The topological polar surface area (TPSA) is 100 Å². The molecule has 47 heavy (non-hydrogen) atoms. The van der Waals surface area contributed by atoms with Crippen molar-refractivity contribution >= 4 is 46.6 Å². The molecule has 258 valence electrons. The highest BCUT2D eigenvalue weighted by molar-refractivity contribution is 6.76. The number of benzene rings is 2. The molecule has 2 heterocycles. The Morgan fingerprint density at radius 3 is 2.17 bits per heavy atom. The molecule has 0 unspecified atom stereocenters. The second-order valence-corrected chi connectivity index (χ2v) is 16.7. The van der Waals surface area contributed by atoms with Crippen molar-refractivity contribution in [3.8, 4) is 0 Å². The Labute approximate surface area is 293 Å². The van der Waals surface area contributed by atoms with Crippen LogP contribution in [0.2, 0.25) is 0 Å². The van der Waals surface area contributed by atoms with Crippen LogP contribution in [-0.4, -0.2) is 55.9 Å². The summed E-state index contributed by atoms with van der Waals surface area (Å²) in [4.78, 5) is 28.2. The van der Waals surface area contributed by atoms with Crippen LogP contribution in [0.4, 0.5) is 0 Å². The number of aliphatic hydroxyl groups excluding tert-OH is 1. The van der Waals surface area contributed by atoms with E-state index in [1.165, 1.54) is 19.3 Å². The lowest BCUT2D eigenvalue weighted by Gasteiger charge is -2.51. The van der Waals surface area contributed by atoms with Crippen LogP contribution in [0.15, 0.2) is 48.5 Å². The summed E-state index contributed by atoms with van der Waals surface area (Å²) in [5, 5.41) is 15.5. The zero-order valence-electron chi connectivity index (χ0n) is 27.7. The summed E-state index contributed by atoms with van der Waals surface area (Å²) in [5.41, 5.74) is 3.20. The van der Waals surface area contributed by atoms with Crippen molar-refractivity contribution in [2.24, 2.45) is 11.8 Å². The molecule has 11 heteroatoms. The molecule has 3 aliphatic rings. The average molecular weight is 709 g/mol. The van der Waals surface area contributed by atoms with Gasteiger partial charge in [-0.25, -0.2) is 0 Å². The molecule has 0 aromatic heterocycles. The van der Waals surface area contributed by atoms with E-state index in [0.29, 0.717) is 18.5 Å². The second kappa shape index (κ2) is 15.3. The maximum Gasteiger partial charge on any atom is 0.272 e. The van der Waals surface area contributed by atoms with E-state index in [0.717, 1.165) is 41.5 Å². The number of amides is 2. The first-order chi connectivity index (χ1) is 22.2. The van der Waals surface area contributed by atoms with Crippen molar-refractivity contribution in [2.75, 3.05) is 6.54 Å². The number of piperidine rings is 1.